The molecule has 1 aromatic carbocycles. The largest absolute Gasteiger partial charge is 0.497 e. The molecular formula is C12H16ClNO. The molecule has 2 atom stereocenters. The minimum absolute atomic E-state index is 0. The van der Waals surface area contributed by atoms with Gasteiger partial charge in [-0.05, 0) is 42.5 Å². The number of fused-ring (bicyclic) bond motifs is 5. The maximum Gasteiger partial charge on any atom is 0.119 e. The van der Waals surface area contributed by atoms with Gasteiger partial charge in [-0.15, -0.1) is 12.4 Å². The Balaban J connectivity index is 0.000000853. The van der Waals surface area contributed by atoms with E-state index in [9.17, 15) is 0 Å². The Morgan fingerprint density at radius 2 is 1.93 bits per heavy atom. The van der Waals surface area contributed by atoms with Crippen molar-refractivity contribution < 1.29 is 4.74 Å². The number of halogens is 1. The number of hydrogen-bond acceptors (Lipinski definition) is 2. The van der Waals surface area contributed by atoms with Crippen molar-refractivity contribution in [2.45, 2.75) is 31.3 Å². The van der Waals surface area contributed by atoms with Crippen LogP contribution < -0.4 is 10.1 Å². The summed E-state index contributed by atoms with van der Waals surface area (Å²) in [4.78, 5) is 0. The van der Waals surface area contributed by atoms with Crippen molar-refractivity contribution in [2.24, 2.45) is 0 Å². The van der Waals surface area contributed by atoms with Crippen LogP contribution in [0, 0.1) is 0 Å². The Kier molecular flexibility index (Phi) is 2.89. The van der Waals surface area contributed by atoms with E-state index < -0.39 is 0 Å². The number of nitrogens with one attached hydrogen (secondary N) is 1. The number of methoxy groups -OCH3 is 1. The number of piperidine rings is 1. The zero-order valence-corrected chi connectivity index (χ0v) is 9.64. The summed E-state index contributed by atoms with van der Waals surface area (Å²) in [5, 5.41) is 3.65. The monoisotopic (exact) mass is 225 g/mol. The summed E-state index contributed by atoms with van der Waals surface area (Å²) in [5.74, 6) is 0.984. The number of rotatable bonds is 1. The molecule has 2 aliphatic heterocycles. The van der Waals surface area contributed by atoms with Crippen molar-refractivity contribution in [1.29, 1.82) is 0 Å². The highest BCUT2D eigenvalue weighted by Gasteiger charge is 2.33. The Hall–Kier alpha value is -0.730. The van der Waals surface area contributed by atoms with Gasteiger partial charge in [-0.25, -0.2) is 0 Å². The van der Waals surface area contributed by atoms with E-state index in [1.807, 2.05) is 0 Å². The highest BCUT2D eigenvalue weighted by molar-refractivity contribution is 5.85. The molecule has 1 fully saturated rings. The van der Waals surface area contributed by atoms with Gasteiger partial charge in [0.2, 0.25) is 0 Å². The van der Waals surface area contributed by atoms with E-state index in [-0.39, 0.29) is 12.4 Å². The van der Waals surface area contributed by atoms with Crippen LogP contribution in [-0.4, -0.2) is 7.11 Å². The maximum absolute atomic E-state index is 5.26. The lowest BCUT2D eigenvalue weighted by Crippen LogP contribution is -2.22. The molecule has 2 nitrogen and oxygen atoms in total. The van der Waals surface area contributed by atoms with Crippen LogP contribution in [0.5, 0.6) is 5.75 Å². The minimum Gasteiger partial charge on any atom is -0.497 e. The summed E-state index contributed by atoms with van der Waals surface area (Å²) in [6.45, 7) is 0. The lowest BCUT2D eigenvalue weighted by Gasteiger charge is -2.20. The second-order valence-electron chi connectivity index (χ2n) is 4.20. The van der Waals surface area contributed by atoms with Crippen LogP contribution in [0.1, 0.15) is 42.5 Å². The molecular weight excluding hydrogens is 210 g/mol. The van der Waals surface area contributed by atoms with E-state index in [1.54, 1.807) is 7.11 Å². The van der Waals surface area contributed by atoms with E-state index >= 15 is 0 Å². The first kappa shape index (κ1) is 10.8. The number of hydrogen-bond donors (Lipinski definition) is 1. The van der Waals surface area contributed by atoms with E-state index in [0.717, 1.165) is 5.75 Å². The Bertz CT molecular complexity index is 367. The first-order valence-electron chi connectivity index (χ1n) is 5.32. The molecule has 2 bridgehead atoms. The Morgan fingerprint density at radius 1 is 1.20 bits per heavy atom. The Labute approximate surface area is 96.4 Å². The van der Waals surface area contributed by atoms with Crippen LogP contribution in [0.2, 0.25) is 0 Å². The molecule has 0 aliphatic carbocycles. The lowest BCUT2D eigenvalue weighted by molar-refractivity contribution is 0.369. The van der Waals surface area contributed by atoms with Crippen LogP contribution in [-0.2, 0) is 0 Å². The fourth-order valence-electron chi connectivity index (χ4n) is 2.73. The third-order valence-electron chi connectivity index (χ3n) is 3.43. The predicted octanol–water partition coefficient (Wildman–Crippen LogP) is 2.99. The second kappa shape index (κ2) is 4.03. The molecule has 82 valence electrons. The van der Waals surface area contributed by atoms with Gasteiger partial charge < -0.3 is 10.1 Å². The van der Waals surface area contributed by atoms with Gasteiger partial charge in [-0.1, -0.05) is 6.07 Å². The fourth-order valence-corrected chi connectivity index (χ4v) is 2.73. The van der Waals surface area contributed by atoms with Gasteiger partial charge in [-0.2, -0.15) is 0 Å². The summed E-state index contributed by atoms with van der Waals surface area (Å²) in [6, 6.07) is 7.67. The van der Waals surface area contributed by atoms with Crippen LogP contribution in [0.3, 0.4) is 0 Å². The smallest absolute Gasteiger partial charge is 0.119 e. The van der Waals surface area contributed by atoms with Crippen molar-refractivity contribution >= 4 is 12.4 Å². The van der Waals surface area contributed by atoms with Gasteiger partial charge in [0.1, 0.15) is 5.75 Å². The van der Waals surface area contributed by atoms with Crippen LogP contribution in [0.25, 0.3) is 0 Å². The second-order valence-corrected chi connectivity index (χ2v) is 4.20. The third-order valence-corrected chi connectivity index (χ3v) is 3.43. The van der Waals surface area contributed by atoms with Crippen LogP contribution in [0.4, 0.5) is 0 Å². The van der Waals surface area contributed by atoms with Crippen molar-refractivity contribution in [1.82, 2.24) is 5.32 Å². The van der Waals surface area contributed by atoms with Crippen molar-refractivity contribution in [2.75, 3.05) is 7.11 Å². The van der Waals surface area contributed by atoms with Gasteiger partial charge >= 0.3 is 0 Å². The van der Waals surface area contributed by atoms with Gasteiger partial charge in [-0.3, -0.25) is 0 Å². The van der Waals surface area contributed by atoms with Crippen LogP contribution in [0.15, 0.2) is 18.2 Å². The van der Waals surface area contributed by atoms with Crippen molar-refractivity contribution in [3.8, 4) is 5.75 Å². The molecule has 1 saturated heterocycles. The molecule has 0 aromatic heterocycles. The van der Waals surface area contributed by atoms with Crippen molar-refractivity contribution in [3.63, 3.8) is 0 Å². The third kappa shape index (κ3) is 1.62. The molecule has 2 heterocycles. The molecule has 1 aromatic rings. The summed E-state index contributed by atoms with van der Waals surface area (Å²) in [5.41, 5.74) is 2.96. The first-order valence-corrected chi connectivity index (χ1v) is 5.32. The summed E-state index contributed by atoms with van der Waals surface area (Å²) < 4.78 is 5.26. The molecule has 1 N–H and O–H groups in total. The average molecular weight is 226 g/mol. The zero-order valence-electron chi connectivity index (χ0n) is 8.82. The maximum atomic E-state index is 5.26. The van der Waals surface area contributed by atoms with Crippen LogP contribution >= 0.6 is 12.4 Å². The topological polar surface area (TPSA) is 21.3 Å². The molecule has 15 heavy (non-hydrogen) atoms. The van der Waals surface area contributed by atoms with Gasteiger partial charge in [0.15, 0.2) is 0 Å². The fraction of sp³-hybridized carbons (Fsp3) is 0.500. The SMILES string of the molecule is COc1ccc2c(c1)C1CCCC2N1.Cl. The first-order chi connectivity index (χ1) is 6.88. The Morgan fingerprint density at radius 3 is 2.67 bits per heavy atom. The minimum atomic E-state index is 0. The van der Waals surface area contributed by atoms with E-state index in [0.29, 0.717) is 12.1 Å². The predicted molar refractivity (Wildman–Crippen MR) is 62.7 cm³/mol. The molecule has 0 spiro atoms. The standard InChI is InChI=1S/C12H15NO.ClH/c1-14-8-5-6-9-10(7-8)12-4-2-3-11(9)13-12;/h5-7,11-13H,2-4H2,1H3;1H. The molecule has 0 saturated carbocycles. The zero-order chi connectivity index (χ0) is 9.54. The highest BCUT2D eigenvalue weighted by atomic mass is 35.5. The molecule has 2 aliphatic rings. The summed E-state index contributed by atoms with van der Waals surface area (Å²) in [6.07, 6.45) is 3.91. The van der Waals surface area contributed by atoms with E-state index in [2.05, 4.69) is 23.5 Å². The lowest BCUT2D eigenvalue weighted by atomic mass is 10.0. The van der Waals surface area contributed by atoms with E-state index in [1.165, 1.54) is 30.4 Å². The summed E-state index contributed by atoms with van der Waals surface area (Å²) in [7, 11) is 1.73. The van der Waals surface area contributed by atoms with Crippen molar-refractivity contribution in [3.05, 3.63) is 29.3 Å². The van der Waals surface area contributed by atoms with Gasteiger partial charge in [0, 0.05) is 12.1 Å². The normalized spacial score (nSPS) is 26.7. The summed E-state index contributed by atoms with van der Waals surface area (Å²) >= 11 is 0. The quantitative estimate of drug-likeness (QED) is 0.794. The molecule has 0 radical (unpaired) electrons. The number of benzene rings is 1. The number of ether oxygens (including phenoxy) is 1. The van der Waals surface area contributed by atoms with Gasteiger partial charge in [0.05, 0.1) is 7.11 Å². The van der Waals surface area contributed by atoms with E-state index in [4.69, 9.17) is 4.74 Å². The average Bonchev–Trinajstić information content (AvgIpc) is 2.51. The molecule has 2 unspecified atom stereocenters. The molecule has 3 rings (SSSR count). The molecule has 3 heteroatoms. The highest BCUT2D eigenvalue weighted by Crippen LogP contribution is 2.43. The van der Waals surface area contributed by atoms with Gasteiger partial charge in [0.25, 0.3) is 0 Å². The molecule has 0 amide bonds.